The van der Waals surface area contributed by atoms with Crippen molar-refractivity contribution >= 4 is 28.3 Å². The third-order valence-electron chi connectivity index (χ3n) is 4.80. The SMILES string of the molecule is Cc1ccc(C(=O)N2CCNCC2C)cc1S(=O)(=O)NCc1ccccc1.Cl. The Labute approximate surface area is 172 Å². The van der Waals surface area contributed by atoms with E-state index in [-0.39, 0.29) is 35.8 Å². The Hall–Kier alpha value is -1.93. The van der Waals surface area contributed by atoms with Crippen LogP contribution in [0.15, 0.2) is 53.4 Å². The molecule has 2 aromatic rings. The van der Waals surface area contributed by atoms with Crippen LogP contribution in [0.4, 0.5) is 0 Å². The van der Waals surface area contributed by atoms with Crippen molar-refractivity contribution in [2.24, 2.45) is 0 Å². The van der Waals surface area contributed by atoms with E-state index in [1.54, 1.807) is 24.0 Å². The number of rotatable bonds is 5. The molecule has 1 heterocycles. The Bertz CT molecular complexity index is 920. The van der Waals surface area contributed by atoms with Crippen LogP contribution in [0.3, 0.4) is 0 Å². The number of piperazine rings is 1. The zero-order valence-corrected chi connectivity index (χ0v) is 17.6. The normalized spacial score (nSPS) is 17.1. The van der Waals surface area contributed by atoms with E-state index in [4.69, 9.17) is 0 Å². The molecule has 1 aliphatic heterocycles. The molecule has 1 atom stereocenters. The van der Waals surface area contributed by atoms with Gasteiger partial charge >= 0.3 is 0 Å². The number of hydrogen-bond acceptors (Lipinski definition) is 4. The molecule has 3 rings (SSSR count). The van der Waals surface area contributed by atoms with Crippen LogP contribution in [0.5, 0.6) is 0 Å². The van der Waals surface area contributed by atoms with Crippen molar-refractivity contribution in [2.75, 3.05) is 19.6 Å². The summed E-state index contributed by atoms with van der Waals surface area (Å²) in [7, 11) is -3.72. The van der Waals surface area contributed by atoms with Crippen LogP contribution in [-0.2, 0) is 16.6 Å². The fraction of sp³-hybridized carbons (Fsp3) is 0.350. The average Bonchev–Trinajstić information content (AvgIpc) is 2.67. The van der Waals surface area contributed by atoms with Crippen LogP contribution < -0.4 is 10.0 Å². The standard InChI is InChI=1S/C20H25N3O3S.ClH/c1-15-8-9-18(20(24)23-11-10-21-13-16(23)2)12-19(15)27(25,26)22-14-17-6-4-3-5-7-17;/h3-9,12,16,21-22H,10-11,13-14H2,1-2H3;1H. The van der Waals surface area contributed by atoms with Crippen LogP contribution in [0.25, 0.3) is 0 Å². The number of carbonyl (C=O) groups excluding carboxylic acids is 1. The molecule has 1 unspecified atom stereocenters. The maximum absolute atomic E-state index is 12.9. The second-order valence-corrected chi connectivity index (χ2v) is 8.58. The number of hydrogen-bond donors (Lipinski definition) is 2. The van der Waals surface area contributed by atoms with Crippen molar-refractivity contribution in [1.29, 1.82) is 0 Å². The van der Waals surface area contributed by atoms with E-state index < -0.39 is 10.0 Å². The summed E-state index contributed by atoms with van der Waals surface area (Å²) < 4.78 is 28.2. The third kappa shape index (κ3) is 5.11. The summed E-state index contributed by atoms with van der Waals surface area (Å²) in [5.41, 5.74) is 1.88. The number of sulfonamides is 1. The van der Waals surface area contributed by atoms with Crippen molar-refractivity contribution in [3.63, 3.8) is 0 Å². The maximum atomic E-state index is 12.9. The first-order valence-corrected chi connectivity index (χ1v) is 10.5. The molecule has 0 radical (unpaired) electrons. The van der Waals surface area contributed by atoms with Crippen LogP contribution in [0, 0.1) is 6.92 Å². The number of halogens is 1. The molecule has 0 aromatic heterocycles. The number of carbonyl (C=O) groups is 1. The van der Waals surface area contributed by atoms with E-state index in [0.717, 1.165) is 18.7 Å². The van der Waals surface area contributed by atoms with Crippen molar-refractivity contribution < 1.29 is 13.2 Å². The highest BCUT2D eigenvalue weighted by molar-refractivity contribution is 7.89. The molecule has 152 valence electrons. The summed E-state index contributed by atoms with van der Waals surface area (Å²) in [6.07, 6.45) is 0. The van der Waals surface area contributed by atoms with E-state index in [9.17, 15) is 13.2 Å². The molecule has 1 aliphatic rings. The summed E-state index contributed by atoms with van der Waals surface area (Å²) in [5, 5.41) is 3.25. The van der Waals surface area contributed by atoms with Crippen molar-refractivity contribution in [3.8, 4) is 0 Å². The summed E-state index contributed by atoms with van der Waals surface area (Å²) in [5.74, 6) is -0.136. The van der Waals surface area contributed by atoms with Gasteiger partial charge in [0.15, 0.2) is 0 Å². The lowest BCUT2D eigenvalue weighted by atomic mass is 10.1. The van der Waals surface area contributed by atoms with E-state index in [2.05, 4.69) is 10.0 Å². The Morgan fingerprint density at radius 3 is 2.61 bits per heavy atom. The predicted molar refractivity (Wildman–Crippen MR) is 112 cm³/mol. The van der Waals surface area contributed by atoms with Gasteiger partial charge in [0.25, 0.3) is 5.91 Å². The zero-order chi connectivity index (χ0) is 19.4. The second-order valence-electron chi connectivity index (χ2n) is 6.84. The molecule has 0 saturated carbocycles. The molecular formula is C20H26ClN3O3S. The summed E-state index contributed by atoms with van der Waals surface area (Å²) in [6, 6.07) is 14.3. The zero-order valence-electron chi connectivity index (χ0n) is 16.0. The fourth-order valence-electron chi connectivity index (χ4n) is 3.18. The molecule has 6 nitrogen and oxygen atoms in total. The largest absolute Gasteiger partial charge is 0.333 e. The second kappa shape index (κ2) is 9.52. The van der Waals surface area contributed by atoms with Crippen molar-refractivity contribution in [2.45, 2.75) is 31.3 Å². The van der Waals surface area contributed by atoms with Gasteiger partial charge < -0.3 is 10.2 Å². The Morgan fingerprint density at radius 2 is 1.93 bits per heavy atom. The van der Waals surface area contributed by atoms with Crippen molar-refractivity contribution in [1.82, 2.24) is 14.9 Å². The number of nitrogens with one attached hydrogen (secondary N) is 2. The average molecular weight is 424 g/mol. The maximum Gasteiger partial charge on any atom is 0.254 e. The van der Waals surface area contributed by atoms with E-state index in [1.165, 1.54) is 6.07 Å². The van der Waals surface area contributed by atoms with Gasteiger partial charge in [-0.1, -0.05) is 36.4 Å². The number of nitrogens with zero attached hydrogens (tertiary/aromatic N) is 1. The highest BCUT2D eigenvalue weighted by atomic mass is 35.5. The first kappa shape index (κ1) is 22.4. The Kier molecular flexibility index (Phi) is 7.60. The predicted octanol–water partition coefficient (Wildman–Crippen LogP) is 2.33. The van der Waals surface area contributed by atoms with Crippen LogP contribution >= 0.6 is 12.4 Å². The molecule has 2 N–H and O–H groups in total. The topological polar surface area (TPSA) is 78.5 Å². The van der Waals surface area contributed by atoms with Crippen LogP contribution in [0.1, 0.15) is 28.4 Å². The van der Waals surface area contributed by atoms with Gasteiger partial charge in [-0.25, -0.2) is 13.1 Å². The molecule has 28 heavy (non-hydrogen) atoms. The van der Waals surface area contributed by atoms with Gasteiger partial charge in [0, 0.05) is 37.8 Å². The summed E-state index contributed by atoms with van der Waals surface area (Å²) in [6.45, 7) is 6.01. The van der Waals surface area contributed by atoms with Crippen LogP contribution in [0.2, 0.25) is 0 Å². The van der Waals surface area contributed by atoms with Gasteiger partial charge in [-0.05, 0) is 37.1 Å². The highest BCUT2D eigenvalue weighted by Crippen LogP contribution is 2.20. The minimum Gasteiger partial charge on any atom is -0.333 e. The molecule has 0 spiro atoms. The van der Waals surface area contributed by atoms with Gasteiger partial charge in [-0.2, -0.15) is 0 Å². The van der Waals surface area contributed by atoms with E-state index in [0.29, 0.717) is 17.7 Å². The monoisotopic (exact) mass is 423 g/mol. The lowest BCUT2D eigenvalue weighted by Crippen LogP contribution is -2.52. The van der Waals surface area contributed by atoms with Gasteiger partial charge in [-0.15, -0.1) is 12.4 Å². The molecular weight excluding hydrogens is 398 g/mol. The minimum absolute atomic E-state index is 0. The van der Waals surface area contributed by atoms with Gasteiger partial charge in [0.2, 0.25) is 10.0 Å². The van der Waals surface area contributed by atoms with E-state index >= 15 is 0 Å². The smallest absolute Gasteiger partial charge is 0.254 e. The quantitative estimate of drug-likeness (QED) is 0.773. The Balaban J connectivity index is 0.00000280. The third-order valence-corrected chi connectivity index (χ3v) is 6.34. The van der Waals surface area contributed by atoms with Crippen LogP contribution in [-0.4, -0.2) is 44.9 Å². The molecule has 0 bridgehead atoms. The lowest BCUT2D eigenvalue weighted by Gasteiger charge is -2.34. The minimum atomic E-state index is -3.72. The van der Waals surface area contributed by atoms with Gasteiger partial charge in [0.05, 0.1) is 4.90 Å². The summed E-state index contributed by atoms with van der Waals surface area (Å²) >= 11 is 0. The van der Waals surface area contributed by atoms with Gasteiger partial charge in [0.1, 0.15) is 0 Å². The molecule has 1 amide bonds. The number of benzene rings is 2. The van der Waals surface area contributed by atoms with Gasteiger partial charge in [-0.3, -0.25) is 4.79 Å². The molecule has 0 aliphatic carbocycles. The molecule has 1 fully saturated rings. The first-order valence-electron chi connectivity index (χ1n) is 9.04. The highest BCUT2D eigenvalue weighted by Gasteiger charge is 2.26. The van der Waals surface area contributed by atoms with Crippen molar-refractivity contribution in [3.05, 3.63) is 65.2 Å². The van der Waals surface area contributed by atoms with E-state index in [1.807, 2.05) is 37.3 Å². The number of amides is 1. The molecule has 1 saturated heterocycles. The fourth-order valence-corrected chi connectivity index (χ4v) is 4.47. The molecule has 8 heteroatoms. The number of aryl methyl sites for hydroxylation is 1. The first-order chi connectivity index (χ1) is 12.9. The summed E-state index contributed by atoms with van der Waals surface area (Å²) in [4.78, 5) is 14.8. The lowest BCUT2D eigenvalue weighted by molar-refractivity contribution is 0.0655. The Morgan fingerprint density at radius 1 is 1.21 bits per heavy atom. The molecule has 2 aromatic carbocycles.